The van der Waals surface area contributed by atoms with E-state index in [0.29, 0.717) is 0 Å². The molecule has 0 aromatic heterocycles. The molecular weight excluding hydrogens is 218 g/mol. The van der Waals surface area contributed by atoms with E-state index in [4.69, 9.17) is 5.73 Å². The van der Waals surface area contributed by atoms with Crippen molar-refractivity contribution in [3.63, 3.8) is 0 Å². The van der Waals surface area contributed by atoms with Crippen LogP contribution in [0.3, 0.4) is 0 Å². The van der Waals surface area contributed by atoms with E-state index >= 15 is 0 Å². The Bertz CT molecular complexity index is 212. The predicted octanol–water partition coefficient (Wildman–Crippen LogP) is 5.28. The lowest BCUT2D eigenvalue weighted by atomic mass is 9.71. The van der Waals surface area contributed by atoms with Crippen LogP contribution in [0.4, 0.5) is 0 Å². The third kappa shape index (κ3) is 6.22. The molecule has 2 atom stereocenters. The number of hydrogen-bond acceptors (Lipinski definition) is 1. The van der Waals surface area contributed by atoms with Gasteiger partial charge >= 0.3 is 0 Å². The molecule has 1 heteroatoms. The largest absolute Gasteiger partial charge is 0.325 e. The Balaban J connectivity index is 2.24. The summed E-state index contributed by atoms with van der Waals surface area (Å²) < 4.78 is 0. The second-order valence-corrected chi connectivity index (χ2v) is 7.12. The second kappa shape index (κ2) is 8.19. The van der Waals surface area contributed by atoms with Crippen molar-refractivity contribution in [3.8, 4) is 0 Å². The van der Waals surface area contributed by atoms with Crippen LogP contribution < -0.4 is 5.73 Å². The van der Waals surface area contributed by atoms with Crippen LogP contribution in [0.1, 0.15) is 91.4 Å². The fourth-order valence-corrected chi connectivity index (χ4v) is 3.70. The van der Waals surface area contributed by atoms with Gasteiger partial charge in [0.25, 0.3) is 0 Å². The van der Waals surface area contributed by atoms with Gasteiger partial charge in [0.1, 0.15) is 0 Å². The second-order valence-electron chi connectivity index (χ2n) is 7.12. The maximum absolute atomic E-state index is 6.64. The van der Waals surface area contributed by atoms with Crippen LogP contribution in [0.15, 0.2) is 0 Å². The zero-order valence-electron chi connectivity index (χ0n) is 13.0. The van der Waals surface area contributed by atoms with Gasteiger partial charge in [-0.15, -0.1) is 0 Å². The molecule has 18 heavy (non-hydrogen) atoms. The molecule has 1 fully saturated rings. The van der Waals surface area contributed by atoms with Crippen LogP contribution in [0, 0.1) is 11.8 Å². The normalized spacial score (nSPS) is 28.8. The number of rotatable bonds is 8. The molecule has 0 amide bonds. The SMILES string of the molecule is CCCCCCCC1(N)CCCC(CC(C)C)C1. The fourth-order valence-electron chi connectivity index (χ4n) is 3.70. The summed E-state index contributed by atoms with van der Waals surface area (Å²) in [5.41, 5.74) is 6.82. The summed E-state index contributed by atoms with van der Waals surface area (Å²) in [5.74, 6) is 1.74. The lowest BCUT2D eigenvalue weighted by Gasteiger charge is -2.39. The molecule has 0 radical (unpaired) electrons. The van der Waals surface area contributed by atoms with E-state index in [1.165, 1.54) is 70.6 Å². The van der Waals surface area contributed by atoms with Crippen LogP contribution in [0.25, 0.3) is 0 Å². The zero-order valence-corrected chi connectivity index (χ0v) is 13.0. The first kappa shape index (κ1) is 16.0. The summed E-state index contributed by atoms with van der Waals surface area (Å²) in [6.45, 7) is 6.97. The minimum atomic E-state index is 0.185. The molecule has 0 aromatic carbocycles. The van der Waals surface area contributed by atoms with Gasteiger partial charge in [0, 0.05) is 5.54 Å². The fraction of sp³-hybridized carbons (Fsp3) is 1.00. The molecule has 0 aliphatic heterocycles. The van der Waals surface area contributed by atoms with Crippen molar-refractivity contribution in [2.45, 2.75) is 96.9 Å². The molecule has 1 aliphatic carbocycles. The summed E-state index contributed by atoms with van der Waals surface area (Å²) in [7, 11) is 0. The van der Waals surface area contributed by atoms with Gasteiger partial charge in [-0.05, 0) is 37.5 Å². The Morgan fingerprint density at radius 3 is 2.56 bits per heavy atom. The summed E-state index contributed by atoms with van der Waals surface area (Å²) in [6.07, 6.45) is 14.9. The Labute approximate surface area is 115 Å². The van der Waals surface area contributed by atoms with Crippen LogP contribution in [0.2, 0.25) is 0 Å². The molecule has 1 nitrogen and oxygen atoms in total. The molecule has 1 rings (SSSR count). The van der Waals surface area contributed by atoms with E-state index in [2.05, 4.69) is 20.8 Å². The average molecular weight is 253 g/mol. The minimum Gasteiger partial charge on any atom is -0.325 e. The standard InChI is InChI=1S/C17H35N/c1-4-5-6-7-8-11-17(18)12-9-10-16(14-17)13-15(2)3/h15-16H,4-14,18H2,1-3H3. The first-order valence-electron chi connectivity index (χ1n) is 8.34. The monoisotopic (exact) mass is 253 g/mol. The van der Waals surface area contributed by atoms with E-state index in [9.17, 15) is 0 Å². The third-order valence-electron chi connectivity index (χ3n) is 4.57. The first-order valence-corrected chi connectivity index (χ1v) is 8.34. The van der Waals surface area contributed by atoms with Crippen molar-refractivity contribution in [2.24, 2.45) is 17.6 Å². The van der Waals surface area contributed by atoms with Crippen molar-refractivity contribution in [1.82, 2.24) is 0 Å². The molecular formula is C17H35N. The highest BCUT2D eigenvalue weighted by Crippen LogP contribution is 2.37. The number of nitrogens with two attached hydrogens (primary N) is 1. The third-order valence-corrected chi connectivity index (χ3v) is 4.57. The Hall–Kier alpha value is -0.0400. The van der Waals surface area contributed by atoms with E-state index in [1.54, 1.807) is 0 Å². The average Bonchev–Trinajstić information content (AvgIpc) is 2.28. The molecule has 0 bridgehead atoms. The highest BCUT2D eigenvalue weighted by Gasteiger charge is 2.32. The lowest BCUT2D eigenvalue weighted by Crippen LogP contribution is -2.44. The molecule has 0 spiro atoms. The number of hydrogen-bond donors (Lipinski definition) is 1. The van der Waals surface area contributed by atoms with E-state index in [-0.39, 0.29) is 5.54 Å². The summed E-state index contributed by atoms with van der Waals surface area (Å²) in [6, 6.07) is 0. The first-order chi connectivity index (χ1) is 8.56. The van der Waals surface area contributed by atoms with Crippen molar-refractivity contribution in [1.29, 1.82) is 0 Å². The summed E-state index contributed by atoms with van der Waals surface area (Å²) in [4.78, 5) is 0. The molecule has 0 saturated heterocycles. The van der Waals surface area contributed by atoms with Gasteiger partial charge in [-0.1, -0.05) is 65.7 Å². The molecule has 1 saturated carbocycles. The van der Waals surface area contributed by atoms with Crippen LogP contribution >= 0.6 is 0 Å². The van der Waals surface area contributed by atoms with Crippen molar-refractivity contribution >= 4 is 0 Å². The summed E-state index contributed by atoms with van der Waals surface area (Å²) >= 11 is 0. The van der Waals surface area contributed by atoms with E-state index in [1.807, 2.05) is 0 Å². The molecule has 0 aromatic rings. The topological polar surface area (TPSA) is 26.0 Å². The maximum atomic E-state index is 6.64. The highest BCUT2D eigenvalue weighted by atomic mass is 14.7. The van der Waals surface area contributed by atoms with Crippen molar-refractivity contribution in [3.05, 3.63) is 0 Å². The van der Waals surface area contributed by atoms with Gasteiger partial charge in [-0.3, -0.25) is 0 Å². The van der Waals surface area contributed by atoms with Gasteiger partial charge in [0.15, 0.2) is 0 Å². The van der Waals surface area contributed by atoms with Crippen molar-refractivity contribution in [2.75, 3.05) is 0 Å². The minimum absolute atomic E-state index is 0.185. The molecule has 0 heterocycles. The molecule has 2 unspecified atom stereocenters. The van der Waals surface area contributed by atoms with Gasteiger partial charge in [-0.25, -0.2) is 0 Å². The molecule has 2 N–H and O–H groups in total. The van der Waals surface area contributed by atoms with Gasteiger partial charge in [0.2, 0.25) is 0 Å². The van der Waals surface area contributed by atoms with Crippen LogP contribution in [0.5, 0.6) is 0 Å². The molecule has 108 valence electrons. The van der Waals surface area contributed by atoms with Crippen LogP contribution in [-0.2, 0) is 0 Å². The summed E-state index contributed by atoms with van der Waals surface area (Å²) in [5, 5.41) is 0. The van der Waals surface area contributed by atoms with Gasteiger partial charge in [-0.2, -0.15) is 0 Å². The van der Waals surface area contributed by atoms with Crippen molar-refractivity contribution < 1.29 is 0 Å². The van der Waals surface area contributed by atoms with E-state index < -0.39 is 0 Å². The zero-order chi connectivity index (χ0) is 13.4. The Morgan fingerprint density at radius 1 is 1.17 bits per heavy atom. The van der Waals surface area contributed by atoms with Gasteiger partial charge in [0.05, 0.1) is 0 Å². The highest BCUT2D eigenvalue weighted by molar-refractivity contribution is 4.90. The Morgan fingerprint density at radius 2 is 1.89 bits per heavy atom. The van der Waals surface area contributed by atoms with Gasteiger partial charge < -0.3 is 5.73 Å². The Kier molecular flexibility index (Phi) is 7.29. The maximum Gasteiger partial charge on any atom is 0.0157 e. The number of unbranched alkanes of at least 4 members (excludes halogenated alkanes) is 4. The smallest absolute Gasteiger partial charge is 0.0157 e. The van der Waals surface area contributed by atoms with Crippen LogP contribution in [-0.4, -0.2) is 5.54 Å². The predicted molar refractivity (Wildman–Crippen MR) is 81.7 cm³/mol. The quantitative estimate of drug-likeness (QED) is 0.585. The lowest BCUT2D eigenvalue weighted by molar-refractivity contribution is 0.188. The van der Waals surface area contributed by atoms with E-state index in [0.717, 1.165) is 11.8 Å². The molecule has 1 aliphatic rings.